The van der Waals surface area contributed by atoms with Crippen molar-refractivity contribution in [2.24, 2.45) is 0 Å². The lowest BCUT2D eigenvalue weighted by atomic mass is 10.0. The fourth-order valence-electron chi connectivity index (χ4n) is 5.18. The van der Waals surface area contributed by atoms with E-state index in [0.29, 0.717) is 17.4 Å². The number of nitrogens with one attached hydrogen (secondary N) is 3. The number of anilines is 1. The van der Waals surface area contributed by atoms with E-state index in [4.69, 9.17) is 14.5 Å². The monoisotopic (exact) mass is 590 g/mol. The predicted octanol–water partition coefficient (Wildman–Crippen LogP) is 4.52. The number of benzene rings is 2. The number of ether oxygens (including phenoxy) is 2. The molecule has 39 heavy (non-hydrogen) atoms. The Morgan fingerprint density at radius 3 is 2.82 bits per heavy atom. The maximum atomic E-state index is 11.4. The summed E-state index contributed by atoms with van der Waals surface area (Å²) < 4.78 is 12.1. The average Bonchev–Trinajstić information content (AvgIpc) is 3.62. The molecule has 4 aromatic rings. The highest BCUT2D eigenvalue weighted by molar-refractivity contribution is 9.10. The summed E-state index contributed by atoms with van der Waals surface area (Å²) in [6, 6.07) is 14.5. The van der Waals surface area contributed by atoms with E-state index in [-0.39, 0.29) is 12.5 Å². The van der Waals surface area contributed by atoms with Crippen LogP contribution in [0.3, 0.4) is 0 Å². The maximum absolute atomic E-state index is 11.4. The van der Waals surface area contributed by atoms with Crippen molar-refractivity contribution in [1.29, 1.82) is 0 Å². The number of aromatic nitrogens is 3. The van der Waals surface area contributed by atoms with Gasteiger partial charge in [-0.1, -0.05) is 12.1 Å². The second-order valence-electron chi connectivity index (χ2n) is 9.99. The van der Waals surface area contributed by atoms with Gasteiger partial charge in [-0.05, 0) is 70.2 Å². The topological polar surface area (TPSA) is 104 Å². The van der Waals surface area contributed by atoms with Crippen LogP contribution in [0.1, 0.15) is 24.0 Å². The first-order valence-corrected chi connectivity index (χ1v) is 14.1. The molecule has 1 fully saturated rings. The molecular weight excluding hydrogens is 560 g/mol. The number of H-pyrrole nitrogens is 1. The van der Waals surface area contributed by atoms with Gasteiger partial charge >= 0.3 is 0 Å². The van der Waals surface area contributed by atoms with Gasteiger partial charge in [0.15, 0.2) is 12.3 Å². The lowest BCUT2D eigenvalue weighted by Crippen LogP contribution is -2.38. The van der Waals surface area contributed by atoms with Crippen LogP contribution in [-0.2, 0) is 17.8 Å². The molecule has 0 spiro atoms. The third-order valence-electron chi connectivity index (χ3n) is 7.35. The highest BCUT2D eigenvalue weighted by Crippen LogP contribution is 2.33. The smallest absolute Gasteiger partial charge is 0.257 e. The van der Waals surface area contributed by atoms with Gasteiger partial charge in [-0.15, -0.1) is 0 Å². The summed E-state index contributed by atoms with van der Waals surface area (Å²) in [7, 11) is 1.58. The number of likely N-dealkylation sites (tertiary alicyclic amines) is 1. The molecule has 4 heterocycles. The van der Waals surface area contributed by atoms with Gasteiger partial charge in [-0.3, -0.25) is 9.69 Å². The number of piperidine rings is 1. The highest BCUT2D eigenvalue weighted by Gasteiger charge is 2.22. The Kier molecular flexibility index (Phi) is 7.38. The van der Waals surface area contributed by atoms with Gasteiger partial charge in [-0.2, -0.15) is 0 Å². The molecule has 202 valence electrons. The number of imidazole rings is 1. The number of pyridine rings is 1. The van der Waals surface area contributed by atoms with Crippen LogP contribution in [-0.4, -0.2) is 65.2 Å². The molecule has 1 amide bonds. The average molecular weight is 592 g/mol. The number of hydrogen-bond acceptors (Lipinski definition) is 7. The van der Waals surface area contributed by atoms with Crippen LogP contribution >= 0.6 is 15.9 Å². The van der Waals surface area contributed by atoms with Crippen LogP contribution in [0.15, 0.2) is 53.1 Å². The third-order valence-corrected chi connectivity index (χ3v) is 7.95. The lowest BCUT2D eigenvalue weighted by molar-refractivity contribution is -0.122. The van der Waals surface area contributed by atoms with Gasteiger partial charge in [0, 0.05) is 50.9 Å². The van der Waals surface area contributed by atoms with Gasteiger partial charge in [0.05, 0.1) is 16.8 Å². The van der Waals surface area contributed by atoms with Crippen LogP contribution < -0.4 is 20.1 Å². The van der Waals surface area contributed by atoms with Gasteiger partial charge < -0.3 is 25.1 Å². The Labute approximate surface area is 235 Å². The number of nitrogens with zero attached hydrogens (tertiary/aromatic N) is 3. The van der Waals surface area contributed by atoms with Crippen molar-refractivity contribution in [2.45, 2.75) is 31.8 Å². The molecule has 9 nitrogen and oxygen atoms in total. The number of rotatable bonds is 8. The highest BCUT2D eigenvalue weighted by atomic mass is 79.9. The molecule has 2 aromatic carbocycles. The largest absolute Gasteiger partial charge is 0.493 e. The molecule has 0 radical (unpaired) electrons. The molecule has 2 aliphatic rings. The van der Waals surface area contributed by atoms with E-state index in [1.165, 1.54) is 11.1 Å². The molecule has 6 rings (SSSR count). The standard InChI is InChI=1S/C29H31BrN6O3/c1-31-25(37)17-39-22-5-3-19(4-6-22)28-34-27-26(23(30)15-32-29(27)35-28)33-21-8-11-36(12-9-21)16-18-2-7-24-20(14-18)10-13-38-24/h2-7,14-15,21H,8-13,16-17H2,1H3,(H,31,37)(H2,32,33,34,35). The first kappa shape index (κ1) is 25.6. The molecular formula is C29H31BrN6O3. The van der Waals surface area contributed by atoms with Gasteiger partial charge in [0.25, 0.3) is 5.91 Å². The molecule has 2 aromatic heterocycles. The third kappa shape index (κ3) is 5.72. The van der Waals surface area contributed by atoms with Crippen molar-refractivity contribution in [3.8, 4) is 22.9 Å². The van der Waals surface area contributed by atoms with E-state index in [2.05, 4.69) is 59.6 Å². The van der Waals surface area contributed by atoms with Gasteiger partial charge in [0.1, 0.15) is 22.8 Å². The second-order valence-corrected chi connectivity index (χ2v) is 10.8. The minimum absolute atomic E-state index is 0.0180. The molecule has 0 saturated carbocycles. The van der Waals surface area contributed by atoms with Crippen molar-refractivity contribution in [2.75, 3.05) is 38.7 Å². The molecule has 2 aliphatic heterocycles. The Hall–Kier alpha value is -3.63. The number of aromatic amines is 1. The van der Waals surface area contributed by atoms with Crippen LogP contribution in [0.5, 0.6) is 11.5 Å². The summed E-state index contributed by atoms with van der Waals surface area (Å²) in [6.07, 6.45) is 4.93. The Bertz CT molecular complexity index is 1480. The molecule has 3 N–H and O–H groups in total. The van der Waals surface area contributed by atoms with Gasteiger partial charge in [-0.25, -0.2) is 9.97 Å². The Balaban J connectivity index is 1.11. The van der Waals surface area contributed by atoms with Crippen molar-refractivity contribution in [3.63, 3.8) is 0 Å². The number of likely N-dealkylation sites (N-methyl/N-ethyl adjacent to an activating group) is 1. The quantitative estimate of drug-likeness (QED) is 0.277. The predicted molar refractivity (Wildman–Crippen MR) is 154 cm³/mol. The minimum Gasteiger partial charge on any atom is -0.493 e. The number of hydrogen-bond donors (Lipinski definition) is 3. The summed E-state index contributed by atoms with van der Waals surface area (Å²) >= 11 is 3.69. The summed E-state index contributed by atoms with van der Waals surface area (Å²) in [5.74, 6) is 2.22. The number of halogens is 1. The van der Waals surface area contributed by atoms with E-state index in [0.717, 1.165) is 78.3 Å². The second kappa shape index (κ2) is 11.2. The first-order valence-electron chi connectivity index (χ1n) is 13.3. The zero-order valence-corrected chi connectivity index (χ0v) is 23.4. The van der Waals surface area contributed by atoms with Crippen molar-refractivity contribution >= 4 is 38.7 Å². The van der Waals surface area contributed by atoms with Gasteiger partial charge in [0.2, 0.25) is 0 Å². The zero-order chi connectivity index (χ0) is 26.8. The minimum atomic E-state index is -0.173. The number of carbonyl (C=O) groups is 1. The van der Waals surface area contributed by atoms with E-state index < -0.39 is 0 Å². The Morgan fingerprint density at radius 2 is 2.03 bits per heavy atom. The molecule has 10 heteroatoms. The normalized spacial score (nSPS) is 15.6. The Morgan fingerprint density at radius 1 is 1.21 bits per heavy atom. The summed E-state index contributed by atoms with van der Waals surface area (Å²) in [5.41, 5.74) is 6.13. The molecule has 0 bridgehead atoms. The van der Waals surface area contributed by atoms with Crippen LogP contribution in [0, 0.1) is 0 Å². The van der Waals surface area contributed by atoms with Crippen LogP contribution in [0.2, 0.25) is 0 Å². The summed E-state index contributed by atoms with van der Waals surface area (Å²) in [4.78, 5) is 26.7. The number of carbonyl (C=O) groups excluding carboxylic acids is 1. The van der Waals surface area contributed by atoms with Crippen LogP contribution in [0.25, 0.3) is 22.6 Å². The SMILES string of the molecule is CNC(=O)COc1ccc(-c2nc3ncc(Br)c(NC4CCN(Cc5ccc6c(c5)CCO6)CC4)c3[nH]2)cc1. The first-order chi connectivity index (χ1) is 19.1. The van der Waals surface area contributed by atoms with Crippen molar-refractivity contribution in [1.82, 2.24) is 25.2 Å². The fraction of sp³-hybridized carbons (Fsp3) is 0.345. The van der Waals surface area contributed by atoms with Crippen molar-refractivity contribution in [3.05, 3.63) is 64.3 Å². The number of amides is 1. The van der Waals surface area contributed by atoms with E-state index in [9.17, 15) is 4.79 Å². The van der Waals surface area contributed by atoms with E-state index >= 15 is 0 Å². The molecule has 0 atom stereocenters. The van der Waals surface area contributed by atoms with Crippen LogP contribution in [0.4, 0.5) is 5.69 Å². The molecule has 0 aliphatic carbocycles. The lowest BCUT2D eigenvalue weighted by Gasteiger charge is -2.33. The van der Waals surface area contributed by atoms with E-state index in [1.807, 2.05) is 24.3 Å². The molecule has 0 unspecified atom stereocenters. The molecule has 1 saturated heterocycles. The number of fused-ring (bicyclic) bond motifs is 2. The zero-order valence-electron chi connectivity index (χ0n) is 21.8. The maximum Gasteiger partial charge on any atom is 0.257 e. The fourth-order valence-corrected chi connectivity index (χ4v) is 5.59. The summed E-state index contributed by atoms with van der Waals surface area (Å²) in [5, 5.41) is 6.30. The van der Waals surface area contributed by atoms with Crippen molar-refractivity contribution < 1.29 is 14.3 Å². The summed E-state index contributed by atoms with van der Waals surface area (Å²) in [6.45, 7) is 3.84. The van der Waals surface area contributed by atoms with E-state index in [1.54, 1.807) is 13.2 Å².